The van der Waals surface area contributed by atoms with Gasteiger partial charge in [-0.15, -0.1) is 0 Å². The van der Waals surface area contributed by atoms with Crippen LogP contribution in [0.2, 0.25) is 0 Å². The number of carbonyl (C=O) groups is 1. The maximum Gasteiger partial charge on any atom is 0.306 e. The van der Waals surface area contributed by atoms with Gasteiger partial charge in [0, 0.05) is 26.1 Å². The second-order valence-electron chi connectivity index (χ2n) is 3.67. The fraction of sp³-hybridized carbons (Fsp3) is 0.600. The standard InChI is InChI=1S/C10H17N5O3/c1-2-11-4-5-12-10(16)3-6-14-8-9(7-13-14)15(17)18/h7-8,11H,2-6H2,1H3,(H,12,16). The zero-order valence-electron chi connectivity index (χ0n) is 10.3. The maximum absolute atomic E-state index is 11.4. The average Bonchev–Trinajstić information content (AvgIpc) is 2.81. The van der Waals surface area contributed by atoms with Gasteiger partial charge < -0.3 is 10.6 Å². The van der Waals surface area contributed by atoms with E-state index in [1.54, 1.807) is 0 Å². The van der Waals surface area contributed by atoms with Crippen molar-refractivity contribution >= 4 is 11.6 Å². The van der Waals surface area contributed by atoms with Crippen molar-refractivity contribution in [3.63, 3.8) is 0 Å². The lowest BCUT2D eigenvalue weighted by Crippen LogP contribution is -2.32. The van der Waals surface area contributed by atoms with Crippen molar-refractivity contribution in [2.45, 2.75) is 19.9 Å². The van der Waals surface area contributed by atoms with E-state index in [1.807, 2.05) is 6.92 Å². The summed E-state index contributed by atoms with van der Waals surface area (Å²) in [6.45, 7) is 4.50. The molecule has 8 nitrogen and oxygen atoms in total. The predicted octanol–water partition coefficient (Wildman–Crippen LogP) is -0.0929. The summed E-state index contributed by atoms with van der Waals surface area (Å²) in [6, 6.07) is 0. The summed E-state index contributed by atoms with van der Waals surface area (Å²) >= 11 is 0. The Labute approximate surface area is 105 Å². The molecule has 0 aromatic carbocycles. The van der Waals surface area contributed by atoms with Crippen molar-refractivity contribution in [2.75, 3.05) is 19.6 Å². The van der Waals surface area contributed by atoms with Crippen LogP contribution >= 0.6 is 0 Å². The third kappa shape index (κ3) is 4.91. The molecule has 100 valence electrons. The summed E-state index contributed by atoms with van der Waals surface area (Å²) in [5.74, 6) is -0.0916. The highest BCUT2D eigenvalue weighted by molar-refractivity contribution is 5.75. The molecular weight excluding hydrogens is 238 g/mol. The molecule has 8 heteroatoms. The van der Waals surface area contributed by atoms with Gasteiger partial charge in [0.1, 0.15) is 12.4 Å². The van der Waals surface area contributed by atoms with Crippen LogP contribution in [0.1, 0.15) is 13.3 Å². The van der Waals surface area contributed by atoms with Crippen molar-refractivity contribution in [2.24, 2.45) is 0 Å². The van der Waals surface area contributed by atoms with Crippen LogP contribution in [-0.4, -0.2) is 40.2 Å². The number of amides is 1. The topological polar surface area (TPSA) is 102 Å². The monoisotopic (exact) mass is 255 g/mol. The molecule has 0 spiro atoms. The largest absolute Gasteiger partial charge is 0.355 e. The van der Waals surface area contributed by atoms with Crippen molar-refractivity contribution in [1.82, 2.24) is 20.4 Å². The molecule has 1 heterocycles. The van der Waals surface area contributed by atoms with Gasteiger partial charge in [-0.3, -0.25) is 19.6 Å². The van der Waals surface area contributed by atoms with Crippen molar-refractivity contribution in [3.05, 3.63) is 22.5 Å². The Hall–Kier alpha value is -1.96. The first kappa shape index (κ1) is 14.1. The normalized spacial score (nSPS) is 10.3. The van der Waals surface area contributed by atoms with Gasteiger partial charge in [-0.2, -0.15) is 5.10 Å². The summed E-state index contributed by atoms with van der Waals surface area (Å²) in [5, 5.41) is 20.0. The van der Waals surface area contributed by atoms with Crippen LogP contribution in [0.5, 0.6) is 0 Å². The number of nitrogens with zero attached hydrogens (tertiary/aromatic N) is 3. The van der Waals surface area contributed by atoms with E-state index < -0.39 is 4.92 Å². The lowest BCUT2D eigenvalue weighted by molar-refractivity contribution is -0.385. The fourth-order valence-corrected chi connectivity index (χ4v) is 1.34. The number of carbonyl (C=O) groups excluding carboxylic acids is 1. The number of likely N-dealkylation sites (N-methyl/N-ethyl adjacent to an activating group) is 1. The highest BCUT2D eigenvalue weighted by atomic mass is 16.6. The number of hydrogen-bond donors (Lipinski definition) is 2. The molecule has 0 bridgehead atoms. The van der Waals surface area contributed by atoms with Gasteiger partial charge in [0.2, 0.25) is 5.91 Å². The molecule has 1 aromatic heterocycles. The number of hydrogen-bond acceptors (Lipinski definition) is 5. The van der Waals surface area contributed by atoms with Crippen LogP contribution < -0.4 is 10.6 Å². The minimum Gasteiger partial charge on any atom is -0.355 e. The summed E-state index contributed by atoms with van der Waals surface area (Å²) in [4.78, 5) is 21.3. The minimum absolute atomic E-state index is 0.0671. The number of nitro groups is 1. The van der Waals surface area contributed by atoms with Crippen molar-refractivity contribution in [3.8, 4) is 0 Å². The molecule has 1 aromatic rings. The smallest absolute Gasteiger partial charge is 0.306 e. The van der Waals surface area contributed by atoms with E-state index in [4.69, 9.17) is 0 Å². The van der Waals surface area contributed by atoms with Crippen molar-refractivity contribution < 1.29 is 9.72 Å². The lowest BCUT2D eigenvalue weighted by atomic mass is 10.4. The van der Waals surface area contributed by atoms with Crippen LogP contribution in [0.15, 0.2) is 12.4 Å². The van der Waals surface area contributed by atoms with Gasteiger partial charge in [-0.1, -0.05) is 6.92 Å². The molecule has 0 fully saturated rings. The Morgan fingerprint density at radius 1 is 1.56 bits per heavy atom. The lowest BCUT2D eigenvalue weighted by Gasteiger charge is -2.05. The first-order valence-electron chi connectivity index (χ1n) is 5.77. The van der Waals surface area contributed by atoms with Gasteiger partial charge in [0.25, 0.3) is 0 Å². The summed E-state index contributed by atoms with van der Waals surface area (Å²) < 4.78 is 1.39. The van der Waals surface area contributed by atoms with E-state index in [0.717, 1.165) is 13.1 Å². The Balaban J connectivity index is 2.23. The Kier molecular flexibility index (Phi) is 5.78. The van der Waals surface area contributed by atoms with Crippen LogP contribution in [0, 0.1) is 10.1 Å². The Bertz CT molecular complexity index is 404. The molecule has 0 atom stereocenters. The van der Waals surface area contributed by atoms with Crippen molar-refractivity contribution in [1.29, 1.82) is 0 Å². The number of aryl methyl sites for hydroxylation is 1. The van der Waals surface area contributed by atoms with Gasteiger partial charge in [0.05, 0.1) is 4.92 Å². The van der Waals surface area contributed by atoms with E-state index in [0.29, 0.717) is 13.1 Å². The molecule has 0 saturated carbocycles. The number of nitrogens with one attached hydrogen (secondary N) is 2. The van der Waals surface area contributed by atoms with E-state index in [2.05, 4.69) is 15.7 Å². The number of rotatable bonds is 8. The Morgan fingerprint density at radius 3 is 2.94 bits per heavy atom. The second-order valence-corrected chi connectivity index (χ2v) is 3.67. The summed E-state index contributed by atoms with van der Waals surface area (Å²) in [7, 11) is 0. The molecule has 1 rings (SSSR count). The first-order valence-corrected chi connectivity index (χ1v) is 5.77. The first-order chi connectivity index (χ1) is 8.63. The highest BCUT2D eigenvalue weighted by Crippen LogP contribution is 2.07. The van der Waals surface area contributed by atoms with E-state index >= 15 is 0 Å². The quantitative estimate of drug-likeness (QED) is 0.384. The van der Waals surface area contributed by atoms with E-state index in [9.17, 15) is 14.9 Å². The molecule has 0 unspecified atom stereocenters. The summed E-state index contributed by atoms with van der Waals surface area (Å²) in [6.07, 6.45) is 2.74. The van der Waals surface area contributed by atoms with Gasteiger partial charge in [-0.25, -0.2) is 0 Å². The third-order valence-corrected chi connectivity index (χ3v) is 2.27. The molecule has 0 saturated heterocycles. The van der Waals surface area contributed by atoms with Crippen LogP contribution in [0.4, 0.5) is 5.69 Å². The second kappa shape index (κ2) is 7.38. The molecule has 2 N–H and O–H groups in total. The molecule has 0 aliphatic carbocycles. The van der Waals surface area contributed by atoms with Crippen LogP contribution in [0.3, 0.4) is 0 Å². The molecule has 0 aliphatic rings. The molecule has 0 radical (unpaired) electrons. The predicted molar refractivity (Wildman–Crippen MR) is 65.1 cm³/mol. The molecule has 0 aliphatic heterocycles. The SMILES string of the molecule is CCNCCNC(=O)CCn1cc([N+](=O)[O-])cn1. The minimum atomic E-state index is -0.514. The van der Waals surface area contributed by atoms with Gasteiger partial charge >= 0.3 is 5.69 Å². The number of aromatic nitrogens is 2. The maximum atomic E-state index is 11.4. The fourth-order valence-electron chi connectivity index (χ4n) is 1.34. The van der Waals surface area contributed by atoms with Gasteiger partial charge in [-0.05, 0) is 6.54 Å². The van der Waals surface area contributed by atoms with Gasteiger partial charge in [0.15, 0.2) is 0 Å². The Morgan fingerprint density at radius 2 is 2.33 bits per heavy atom. The molecular formula is C10H17N5O3. The zero-order chi connectivity index (χ0) is 13.4. The zero-order valence-corrected chi connectivity index (χ0v) is 10.3. The van der Waals surface area contributed by atoms with E-state index in [-0.39, 0.29) is 18.0 Å². The molecule has 18 heavy (non-hydrogen) atoms. The average molecular weight is 255 g/mol. The summed E-state index contributed by atoms with van der Waals surface area (Å²) in [5.41, 5.74) is -0.0671. The van der Waals surface area contributed by atoms with Crippen LogP contribution in [0.25, 0.3) is 0 Å². The van der Waals surface area contributed by atoms with E-state index in [1.165, 1.54) is 17.1 Å². The molecule has 1 amide bonds. The highest BCUT2D eigenvalue weighted by Gasteiger charge is 2.09. The van der Waals surface area contributed by atoms with Crippen LogP contribution in [-0.2, 0) is 11.3 Å². The third-order valence-electron chi connectivity index (χ3n) is 2.27.